The lowest BCUT2D eigenvalue weighted by molar-refractivity contribution is -0.0377. The summed E-state index contributed by atoms with van der Waals surface area (Å²) in [5, 5.41) is 0. The summed E-state index contributed by atoms with van der Waals surface area (Å²) in [6, 6.07) is -0.318. The van der Waals surface area contributed by atoms with E-state index in [9.17, 15) is 4.79 Å². The van der Waals surface area contributed by atoms with Crippen LogP contribution in [-0.4, -0.2) is 48.4 Å². The van der Waals surface area contributed by atoms with Crippen molar-refractivity contribution in [2.45, 2.75) is 44.9 Å². The molecule has 104 valence electrons. The van der Waals surface area contributed by atoms with E-state index in [2.05, 4.69) is 6.58 Å². The van der Waals surface area contributed by atoms with Gasteiger partial charge in [-0.05, 0) is 27.2 Å². The Balaban J connectivity index is 2.69. The average molecular weight is 256 g/mol. The fraction of sp³-hybridized carbons (Fsp3) is 0.769. The highest BCUT2D eigenvalue weighted by atomic mass is 16.6. The second-order valence-corrected chi connectivity index (χ2v) is 5.50. The molecule has 0 aromatic heterocycles. The fourth-order valence-electron chi connectivity index (χ4n) is 1.87. The van der Waals surface area contributed by atoms with Crippen molar-refractivity contribution in [2.75, 3.05) is 19.8 Å². The molecule has 5 heteroatoms. The van der Waals surface area contributed by atoms with Gasteiger partial charge in [0.25, 0.3) is 0 Å². The fourth-order valence-corrected chi connectivity index (χ4v) is 1.87. The van der Waals surface area contributed by atoms with Gasteiger partial charge in [-0.2, -0.15) is 0 Å². The molecule has 1 saturated heterocycles. The molecule has 2 atom stereocenters. The van der Waals surface area contributed by atoms with Gasteiger partial charge in [-0.1, -0.05) is 6.08 Å². The van der Waals surface area contributed by atoms with Crippen LogP contribution in [0.25, 0.3) is 0 Å². The molecular weight excluding hydrogens is 232 g/mol. The molecule has 0 aromatic rings. The number of ether oxygens (including phenoxy) is 2. The van der Waals surface area contributed by atoms with Crippen LogP contribution in [-0.2, 0) is 9.47 Å². The molecular formula is C13H24N2O3. The normalized spacial score (nSPS) is 22.4. The molecule has 2 N–H and O–H groups in total. The minimum atomic E-state index is -0.498. The van der Waals surface area contributed by atoms with Crippen LogP contribution in [0.3, 0.4) is 0 Å². The number of nitrogens with zero attached hydrogens (tertiary/aromatic N) is 1. The van der Waals surface area contributed by atoms with Gasteiger partial charge in [0, 0.05) is 12.6 Å². The minimum absolute atomic E-state index is 0.147. The predicted octanol–water partition coefficient (Wildman–Crippen LogP) is 1.53. The van der Waals surface area contributed by atoms with Crippen molar-refractivity contribution in [1.29, 1.82) is 0 Å². The Morgan fingerprint density at radius 3 is 2.89 bits per heavy atom. The van der Waals surface area contributed by atoms with Crippen LogP contribution < -0.4 is 5.73 Å². The Kier molecular flexibility index (Phi) is 5.16. The molecule has 0 bridgehead atoms. The summed E-state index contributed by atoms with van der Waals surface area (Å²) >= 11 is 0. The molecule has 5 nitrogen and oxygen atoms in total. The van der Waals surface area contributed by atoms with E-state index in [4.69, 9.17) is 15.2 Å². The van der Waals surface area contributed by atoms with Crippen molar-refractivity contribution in [1.82, 2.24) is 4.90 Å². The second-order valence-electron chi connectivity index (χ2n) is 5.50. The smallest absolute Gasteiger partial charge is 0.410 e. The molecule has 1 fully saturated rings. The highest BCUT2D eigenvalue weighted by Gasteiger charge is 2.33. The topological polar surface area (TPSA) is 64.8 Å². The standard InChI is InChI=1S/C13H24N2O3/c1-5-6-10(14)11-9-17-8-7-15(11)12(16)18-13(2,3)4/h5,10-11H,1,6-9,14H2,2-4H3. The first-order valence-corrected chi connectivity index (χ1v) is 6.29. The Hall–Kier alpha value is -1.07. The summed E-state index contributed by atoms with van der Waals surface area (Å²) in [4.78, 5) is 13.8. The molecule has 0 radical (unpaired) electrons. The zero-order valence-corrected chi connectivity index (χ0v) is 11.5. The number of hydrogen-bond donors (Lipinski definition) is 1. The van der Waals surface area contributed by atoms with Crippen LogP contribution in [0.1, 0.15) is 27.2 Å². The minimum Gasteiger partial charge on any atom is -0.444 e. The maximum absolute atomic E-state index is 12.1. The SMILES string of the molecule is C=CCC(N)C1COCCN1C(=O)OC(C)(C)C. The van der Waals surface area contributed by atoms with Crippen LogP contribution in [0.4, 0.5) is 4.79 Å². The van der Waals surface area contributed by atoms with Crippen molar-refractivity contribution in [3.05, 3.63) is 12.7 Å². The van der Waals surface area contributed by atoms with E-state index < -0.39 is 5.60 Å². The Morgan fingerprint density at radius 2 is 2.33 bits per heavy atom. The lowest BCUT2D eigenvalue weighted by Gasteiger charge is -2.39. The summed E-state index contributed by atoms with van der Waals surface area (Å²) in [7, 11) is 0. The van der Waals surface area contributed by atoms with Gasteiger partial charge >= 0.3 is 6.09 Å². The van der Waals surface area contributed by atoms with Crippen molar-refractivity contribution >= 4 is 6.09 Å². The van der Waals surface area contributed by atoms with Crippen molar-refractivity contribution < 1.29 is 14.3 Å². The molecule has 1 rings (SSSR count). The maximum Gasteiger partial charge on any atom is 0.410 e. The van der Waals surface area contributed by atoms with E-state index in [-0.39, 0.29) is 18.2 Å². The van der Waals surface area contributed by atoms with Crippen LogP contribution in [0.2, 0.25) is 0 Å². The lowest BCUT2D eigenvalue weighted by atomic mass is 10.0. The van der Waals surface area contributed by atoms with Crippen molar-refractivity contribution in [3.8, 4) is 0 Å². The highest BCUT2D eigenvalue weighted by Crippen LogP contribution is 2.17. The molecule has 1 amide bonds. The van der Waals surface area contributed by atoms with Gasteiger partial charge < -0.3 is 15.2 Å². The first kappa shape index (κ1) is 15.0. The number of rotatable bonds is 3. The first-order valence-electron chi connectivity index (χ1n) is 6.29. The van der Waals surface area contributed by atoms with Crippen LogP contribution in [0.15, 0.2) is 12.7 Å². The Morgan fingerprint density at radius 1 is 1.67 bits per heavy atom. The number of carbonyl (C=O) groups is 1. The summed E-state index contributed by atoms with van der Waals surface area (Å²) in [5.74, 6) is 0. The molecule has 0 aromatic carbocycles. The maximum atomic E-state index is 12.1. The molecule has 18 heavy (non-hydrogen) atoms. The summed E-state index contributed by atoms with van der Waals surface area (Å²) in [5.41, 5.74) is 5.55. The zero-order chi connectivity index (χ0) is 13.8. The lowest BCUT2D eigenvalue weighted by Crippen LogP contribution is -2.57. The van der Waals surface area contributed by atoms with Crippen LogP contribution in [0.5, 0.6) is 0 Å². The molecule has 2 unspecified atom stereocenters. The quantitative estimate of drug-likeness (QED) is 0.778. The number of amides is 1. The van der Waals surface area contributed by atoms with E-state index in [0.717, 1.165) is 0 Å². The monoisotopic (exact) mass is 256 g/mol. The number of nitrogens with two attached hydrogens (primary N) is 1. The number of morpholine rings is 1. The predicted molar refractivity (Wildman–Crippen MR) is 70.3 cm³/mol. The number of hydrogen-bond acceptors (Lipinski definition) is 4. The van der Waals surface area contributed by atoms with Crippen molar-refractivity contribution in [2.24, 2.45) is 5.73 Å². The first-order chi connectivity index (χ1) is 8.35. The van der Waals surface area contributed by atoms with Gasteiger partial charge in [0.05, 0.1) is 19.3 Å². The van der Waals surface area contributed by atoms with E-state index in [1.165, 1.54) is 0 Å². The van der Waals surface area contributed by atoms with Gasteiger partial charge in [-0.3, -0.25) is 4.90 Å². The third kappa shape index (κ3) is 4.31. The summed E-state index contributed by atoms with van der Waals surface area (Å²) < 4.78 is 10.8. The zero-order valence-electron chi connectivity index (χ0n) is 11.5. The van der Waals surface area contributed by atoms with Crippen molar-refractivity contribution in [3.63, 3.8) is 0 Å². The Labute approximate surface area is 109 Å². The molecule has 0 aliphatic carbocycles. The van der Waals surface area contributed by atoms with Crippen LogP contribution >= 0.6 is 0 Å². The van der Waals surface area contributed by atoms with E-state index in [1.807, 2.05) is 20.8 Å². The second kappa shape index (κ2) is 6.20. The largest absolute Gasteiger partial charge is 0.444 e. The van der Waals surface area contributed by atoms with E-state index in [0.29, 0.717) is 26.2 Å². The van der Waals surface area contributed by atoms with Gasteiger partial charge in [0.1, 0.15) is 5.60 Å². The number of carbonyl (C=O) groups excluding carboxylic acids is 1. The summed E-state index contributed by atoms with van der Waals surface area (Å²) in [6.07, 6.45) is 2.08. The third-order valence-corrected chi connectivity index (χ3v) is 2.73. The molecule has 1 heterocycles. The van der Waals surface area contributed by atoms with Gasteiger partial charge in [-0.15, -0.1) is 6.58 Å². The third-order valence-electron chi connectivity index (χ3n) is 2.73. The highest BCUT2D eigenvalue weighted by molar-refractivity contribution is 5.68. The van der Waals surface area contributed by atoms with Gasteiger partial charge in [-0.25, -0.2) is 4.79 Å². The molecule has 0 saturated carbocycles. The van der Waals surface area contributed by atoms with Crippen LogP contribution in [0, 0.1) is 0 Å². The molecule has 1 aliphatic rings. The Bertz CT molecular complexity index is 299. The van der Waals surface area contributed by atoms with Gasteiger partial charge in [0.2, 0.25) is 0 Å². The summed E-state index contributed by atoms with van der Waals surface area (Å²) in [6.45, 7) is 10.7. The van der Waals surface area contributed by atoms with E-state index >= 15 is 0 Å². The molecule has 1 aliphatic heterocycles. The molecule has 0 spiro atoms. The van der Waals surface area contributed by atoms with E-state index in [1.54, 1.807) is 11.0 Å². The average Bonchev–Trinajstić information content (AvgIpc) is 2.27. The van der Waals surface area contributed by atoms with Gasteiger partial charge in [0.15, 0.2) is 0 Å².